The molecule has 1 unspecified atom stereocenters. The maximum absolute atomic E-state index is 13.7. The van der Waals surface area contributed by atoms with Gasteiger partial charge in [-0.25, -0.2) is 4.79 Å². The van der Waals surface area contributed by atoms with Gasteiger partial charge < -0.3 is 29.4 Å². The Morgan fingerprint density at radius 2 is 1.55 bits per heavy atom. The second-order valence-electron chi connectivity index (χ2n) is 9.69. The van der Waals surface area contributed by atoms with Crippen molar-refractivity contribution in [3.63, 3.8) is 0 Å². The summed E-state index contributed by atoms with van der Waals surface area (Å²) in [6.07, 6.45) is 1.18. The van der Waals surface area contributed by atoms with E-state index in [1.807, 2.05) is 20.8 Å². The molecule has 8 nitrogen and oxygen atoms in total. The van der Waals surface area contributed by atoms with Crippen LogP contribution in [0.4, 0.5) is 10.5 Å². The van der Waals surface area contributed by atoms with Crippen LogP contribution in [0.5, 0.6) is 0 Å². The Hall–Kier alpha value is -1.02. The van der Waals surface area contributed by atoms with Crippen LogP contribution in [0.2, 0.25) is 0 Å². The molecule has 0 aliphatic heterocycles. The molecular formula is C27H49Cl2N2O6P. The van der Waals surface area contributed by atoms with E-state index in [0.29, 0.717) is 44.2 Å². The molecule has 0 saturated carbocycles. The SMILES string of the molecule is CC(C)(C)OC(N)=O.CCOC(C)(OCC)P(=O)(CCCc1cc(N(CCCl)CCCl)ccc1C)OCC. The van der Waals surface area contributed by atoms with Gasteiger partial charge in [-0.1, -0.05) is 6.07 Å². The Kier molecular flexibility index (Phi) is 17.9. The molecule has 1 aromatic carbocycles. The second kappa shape index (κ2) is 18.4. The lowest BCUT2D eigenvalue weighted by atomic mass is 10.0. The van der Waals surface area contributed by atoms with E-state index < -0.39 is 24.6 Å². The lowest BCUT2D eigenvalue weighted by Crippen LogP contribution is -2.34. The third-order valence-corrected chi connectivity index (χ3v) is 8.91. The summed E-state index contributed by atoms with van der Waals surface area (Å²) in [5.74, 6) is 1.09. The van der Waals surface area contributed by atoms with Crippen molar-refractivity contribution in [1.29, 1.82) is 0 Å². The van der Waals surface area contributed by atoms with E-state index in [9.17, 15) is 9.36 Å². The largest absolute Gasteiger partial charge is 0.444 e. The minimum absolute atomic E-state index is 0.355. The summed E-state index contributed by atoms with van der Waals surface area (Å²) in [5.41, 5.74) is 6.58. The maximum atomic E-state index is 13.7. The highest BCUT2D eigenvalue weighted by Crippen LogP contribution is 2.60. The zero-order chi connectivity index (χ0) is 29.4. The number of ether oxygens (including phenoxy) is 3. The molecule has 1 rings (SSSR count). The molecule has 0 aliphatic carbocycles. The molecular weight excluding hydrogens is 550 g/mol. The highest BCUT2D eigenvalue weighted by Gasteiger charge is 2.47. The lowest BCUT2D eigenvalue weighted by Gasteiger charge is -2.36. The van der Waals surface area contributed by atoms with Crippen LogP contribution in [0, 0.1) is 6.92 Å². The van der Waals surface area contributed by atoms with Gasteiger partial charge in [0.1, 0.15) is 5.60 Å². The molecule has 0 saturated heterocycles. The number of nitrogens with zero attached hydrogens (tertiary/aromatic N) is 1. The van der Waals surface area contributed by atoms with Gasteiger partial charge in [0.25, 0.3) is 7.37 Å². The summed E-state index contributed by atoms with van der Waals surface area (Å²) in [6, 6.07) is 6.40. The molecule has 0 radical (unpaired) electrons. The number of rotatable bonds is 16. The molecule has 0 aromatic heterocycles. The number of halogens is 2. The van der Waals surface area contributed by atoms with E-state index in [1.165, 1.54) is 11.1 Å². The topological polar surface area (TPSA) is 100 Å². The fraction of sp³-hybridized carbons (Fsp3) is 0.741. The van der Waals surface area contributed by atoms with Gasteiger partial charge >= 0.3 is 6.09 Å². The summed E-state index contributed by atoms with van der Waals surface area (Å²) in [5, 5.41) is 0. The van der Waals surface area contributed by atoms with Gasteiger partial charge in [0.05, 0.1) is 6.61 Å². The van der Waals surface area contributed by atoms with Crippen LogP contribution in [0.25, 0.3) is 0 Å². The minimum Gasteiger partial charge on any atom is -0.444 e. The zero-order valence-electron chi connectivity index (χ0n) is 24.5. The quantitative estimate of drug-likeness (QED) is 0.122. The number of anilines is 1. The molecule has 0 aliphatic rings. The van der Waals surface area contributed by atoms with E-state index in [-0.39, 0.29) is 0 Å². The van der Waals surface area contributed by atoms with E-state index in [0.717, 1.165) is 25.2 Å². The van der Waals surface area contributed by atoms with E-state index in [2.05, 4.69) is 34.8 Å². The summed E-state index contributed by atoms with van der Waals surface area (Å²) < 4.78 is 35.6. The maximum Gasteiger partial charge on any atom is 0.405 e. The number of nitrogens with two attached hydrogens (primary N) is 1. The average molecular weight is 600 g/mol. The third kappa shape index (κ3) is 13.4. The smallest absolute Gasteiger partial charge is 0.405 e. The molecule has 0 fully saturated rings. The van der Waals surface area contributed by atoms with Crippen LogP contribution in [0.3, 0.4) is 0 Å². The first-order valence-electron chi connectivity index (χ1n) is 13.2. The standard InChI is InChI=1S/C22H38Cl2NO4P.C5H11NO2/c1-6-27-22(5,28-7-2)30(26,29-8-3)17-9-10-20-18-21(12-11-19(20)4)25(15-13-23)16-14-24;1-5(2,3)8-4(6)7/h11-12,18H,6-10,13-17H2,1-5H3;1-3H3,(H2,6,7). The molecule has 1 amide bonds. The second-order valence-corrected chi connectivity index (χ2v) is 13.3. The Balaban J connectivity index is 0.00000147. The number of carbonyl (C=O) groups excluding carboxylic acids is 1. The van der Waals surface area contributed by atoms with Gasteiger partial charge in [0.2, 0.25) is 5.53 Å². The predicted octanol–water partition coefficient (Wildman–Crippen LogP) is 7.15. The van der Waals surface area contributed by atoms with Crippen LogP contribution in [-0.4, -0.2) is 68.1 Å². The van der Waals surface area contributed by atoms with Gasteiger partial charge in [-0.05, 0) is 91.5 Å². The number of hydrogen-bond donors (Lipinski definition) is 1. The normalized spacial score (nSPS) is 13.3. The molecule has 1 aromatic rings. The van der Waals surface area contributed by atoms with Crippen molar-refractivity contribution in [2.45, 2.75) is 79.4 Å². The first-order valence-corrected chi connectivity index (χ1v) is 16.1. The van der Waals surface area contributed by atoms with Crippen molar-refractivity contribution >= 4 is 42.4 Å². The van der Waals surface area contributed by atoms with Crippen molar-refractivity contribution in [3.8, 4) is 0 Å². The number of hydrogen-bond acceptors (Lipinski definition) is 7. The first kappa shape index (κ1) is 37.0. The average Bonchev–Trinajstić information content (AvgIpc) is 2.79. The molecule has 38 heavy (non-hydrogen) atoms. The van der Waals surface area contributed by atoms with Crippen LogP contribution in [0.15, 0.2) is 18.2 Å². The Morgan fingerprint density at radius 3 is 1.95 bits per heavy atom. The first-order chi connectivity index (χ1) is 17.7. The summed E-state index contributed by atoms with van der Waals surface area (Å²) in [4.78, 5) is 12.2. The van der Waals surface area contributed by atoms with E-state index >= 15 is 0 Å². The number of alkyl halides is 2. The van der Waals surface area contributed by atoms with Crippen LogP contribution in [-0.2, 0) is 29.7 Å². The Labute approximate surface area is 240 Å². The number of amides is 1. The van der Waals surface area contributed by atoms with Crippen molar-refractivity contribution in [3.05, 3.63) is 29.3 Å². The van der Waals surface area contributed by atoms with Crippen molar-refractivity contribution in [2.24, 2.45) is 5.73 Å². The molecule has 0 spiro atoms. The predicted molar refractivity (Wildman–Crippen MR) is 159 cm³/mol. The fourth-order valence-electron chi connectivity index (χ4n) is 3.84. The minimum atomic E-state index is -3.17. The van der Waals surface area contributed by atoms with Gasteiger partial charge in [0.15, 0.2) is 0 Å². The fourth-order valence-corrected chi connectivity index (χ4v) is 6.67. The van der Waals surface area contributed by atoms with Crippen molar-refractivity contribution in [1.82, 2.24) is 0 Å². The summed E-state index contributed by atoms with van der Waals surface area (Å²) in [6.45, 7) is 17.4. The third-order valence-electron chi connectivity index (χ3n) is 5.49. The highest BCUT2D eigenvalue weighted by molar-refractivity contribution is 7.60. The van der Waals surface area contributed by atoms with Gasteiger partial charge in [0, 0.05) is 49.9 Å². The van der Waals surface area contributed by atoms with Crippen LogP contribution < -0.4 is 10.6 Å². The van der Waals surface area contributed by atoms with Crippen molar-refractivity contribution in [2.75, 3.05) is 55.7 Å². The number of benzene rings is 1. The monoisotopic (exact) mass is 598 g/mol. The van der Waals surface area contributed by atoms with Gasteiger partial charge in [-0.2, -0.15) is 0 Å². The summed E-state index contributed by atoms with van der Waals surface area (Å²) >= 11 is 11.9. The molecule has 1 atom stereocenters. The van der Waals surface area contributed by atoms with E-state index in [4.69, 9.17) is 42.9 Å². The highest BCUT2D eigenvalue weighted by atomic mass is 35.5. The molecule has 2 N–H and O–H groups in total. The van der Waals surface area contributed by atoms with E-state index in [1.54, 1.807) is 27.7 Å². The summed E-state index contributed by atoms with van der Waals surface area (Å²) in [7, 11) is -3.17. The molecule has 0 heterocycles. The Bertz CT molecular complexity index is 854. The van der Waals surface area contributed by atoms with Crippen LogP contribution >= 0.6 is 30.6 Å². The number of aryl methyl sites for hydroxylation is 2. The Morgan fingerprint density at radius 1 is 1.00 bits per heavy atom. The lowest BCUT2D eigenvalue weighted by molar-refractivity contribution is -0.168. The number of carbonyl (C=O) groups is 1. The number of primary amides is 1. The van der Waals surface area contributed by atoms with Crippen molar-refractivity contribution < 1.29 is 28.1 Å². The zero-order valence-corrected chi connectivity index (χ0v) is 26.9. The van der Waals surface area contributed by atoms with Gasteiger partial charge in [-0.3, -0.25) is 4.57 Å². The molecule has 0 bridgehead atoms. The van der Waals surface area contributed by atoms with Gasteiger partial charge in [-0.15, -0.1) is 23.2 Å². The van der Waals surface area contributed by atoms with Crippen LogP contribution in [0.1, 0.15) is 66.0 Å². The molecule has 222 valence electrons. The molecule has 11 heteroatoms.